The van der Waals surface area contributed by atoms with Crippen LogP contribution in [0.15, 0.2) is 0 Å². The van der Waals surface area contributed by atoms with E-state index >= 15 is 0 Å². The molecule has 2 heteroatoms. The van der Waals surface area contributed by atoms with Crippen LogP contribution in [0.2, 0.25) is 0 Å². The zero-order valence-electron chi connectivity index (χ0n) is 14.5. The molecule has 0 aromatic heterocycles. The maximum Gasteiger partial charge on any atom is 0.303 e. The van der Waals surface area contributed by atoms with Gasteiger partial charge < -0.3 is 5.11 Å². The highest BCUT2D eigenvalue weighted by Gasteiger charge is 2.06. The molecule has 0 aromatic rings. The Hall–Kier alpha value is -0.530. The van der Waals surface area contributed by atoms with Gasteiger partial charge in [-0.15, -0.1) is 0 Å². The van der Waals surface area contributed by atoms with E-state index in [0.717, 1.165) is 6.42 Å². The summed E-state index contributed by atoms with van der Waals surface area (Å²) in [7, 11) is 0. The number of rotatable bonds is 16. The highest BCUT2D eigenvalue weighted by molar-refractivity contribution is 5.66. The van der Waals surface area contributed by atoms with Gasteiger partial charge in [-0.3, -0.25) is 4.79 Å². The number of carboxylic acids is 1. The standard InChI is InChI=1S/C19H38O2/c1-3-4-5-6-7-8-9-10-11-12-13-14-15-16-18(2)17-19(20)21/h18H,3-17H2,1-2H3,(H,20,21)/t18-/m0/s1. The molecule has 0 aromatic carbocycles. The Morgan fingerprint density at radius 1 is 0.762 bits per heavy atom. The lowest BCUT2D eigenvalue weighted by Crippen LogP contribution is -2.03. The molecule has 0 saturated heterocycles. The fraction of sp³-hybridized carbons (Fsp3) is 0.947. The third-order valence-electron chi connectivity index (χ3n) is 4.32. The van der Waals surface area contributed by atoms with Gasteiger partial charge in [0.25, 0.3) is 0 Å². The monoisotopic (exact) mass is 298 g/mol. The average Bonchev–Trinajstić information content (AvgIpc) is 2.43. The van der Waals surface area contributed by atoms with Crippen LogP contribution >= 0.6 is 0 Å². The number of carbonyl (C=O) groups is 1. The van der Waals surface area contributed by atoms with E-state index in [4.69, 9.17) is 5.11 Å². The summed E-state index contributed by atoms with van der Waals surface area (Å²) in [5.41, 5.74) is 0. The fourth-order valence-electron chi connectivity index (χ4n) is 2.91. The van der Waals surface area contributed by atoms with Crippen molar-refractivity contribution in [1.82, 2.24) is 0 Å². The normalized spacial score (nSPS) is 12.5. The Morgan fingerprint density at radius 2 is 1.14 bits per heavy atom. The second-order valence-corrected chi connectivity index (χ2v) is 6.73. The lowest BCUT2D eigenvalue weighted by Gasteiger charge is -2.07. The summed E-state index contributed by atoms with van der Waals surface area (Å²) in [5.74, 6) is -0.313. The Morgan fingerprint density at radius 3 is 1.52 bits per heavy atom. The predicted octanol–water partition coefficient (Wildman–Crippen LogP) is 6.58. The minimum atomic E-state index is -0.655. The van der Waals surface area contributed by atoms with Gasteiger partial charge in [-0.05, 0) is 5.92 Å². The average molecular weight is 299 g/mol. The molecule has 0 spiro atoms. The number of hydrogen-bond donors (Lipinski definition) is 1. The molecule has 0 amide bonds. The molecule has 0 rings (SSSR count). The highest BCUT2D eigenvalue weighted by Crippen LogP contribution is 2.16. The number of hydrogen-bond acceptors (Lipinski definition) is 1. The van der Waals surface area contributed by atoms with Gasteiger partial charge in [0.05, 0.1) is 0 Å². The van der Waals surface area contributed by atoms with Crippen molar-refractivity contribution < 1.29 is 9.90 Å². The van der Waals surface area contributed by atoms with Crippen molar-refractivity contribution in [1.29, 1.82) is 0 Å². The van der Waals surface area contributed by atoms with E-state index in [0.29, 0.717) is 12.3 Å². The van der Waals surface area contributed by atoms with E-state index in [1.807, 2.05) is 0 Å². The second-order valence-electron chi connectivity index (χ2n) is 6.73. The van der Waals surface area contributed by atoms with Crippen LogP contribution in [-0.4, -0.2) is 11.1 Å². The van der Waals surface area contributed by atoms with Crippen molar-refractivity contribution >= 4 is 5.97 Å². The molecule has 0 aliphatic carbocycles. The van der Waals surface area contributed by atoms with Gasteiger partial charge in [0.15, 0.2) is 0 Å². The second kappa shape index (κ2) is 15.9. The summed E-state index contributed by atoms with van der Waals surface area (Å²) in [6, 6.07) is 0. The summed E-state index contributed by atoms with van der Waals surface area (Å²) in [6.07, 6.45) is 19.3. The van der Waals surface area contributed by atoms with Crippen LogP contribution in [0.3, 0.4) is 0 Å². The maximum absolute atomic E-state index is 10.5. The van der Waals surface area contributed by atoms with Crippen molar-refractivity contribution in [3.8, 4) is 0 Å². The molecule has 0 radical (unpaired) electrons. The molecular formula is C19H38O2. The van der Waals surface area contributed by atoms with Crippen LogP contribution < -0.4 is 0 Å². The first-order valence-corrected chi connectivity index (χ1v) is 9.38. The Labute approximate surface area is 132 Å². The van der Waals surface area contributed by atoms with Crippen LogP contribution in [0.4, 0.5) is 0 Å². The third kappa shape index (κ3) is 17.4. The minimum Gasteiger partial charge on any atom is -0.481 e. The van der Waals surface area contributed by atoms with Crippen LogP contribution in [-0.2, 0) is 4.79 Å². The molecule has 0 aliphatic heterocycles. The van der Waals surface area contributed by atoms with E-state index < -0.39 is 5.97 Å². The molecule has 21 heavy (non-hydrogen) atoms. The molecule has 0 aliphatic rings. The molecule has 126 valence electrons. The molecule has 0 unspecified atom stereocenters. The Bertz CT molecular complexity index is 226. The molecule has 0 saturated carbocycles. The van der Waals surface area contributed by atoms with Crippen molar-refractivity contribution in [3.05, 3.63) is 0 Å². The summed E-state index contributed by atoms with van der Waals surface area (Å²) in [5, 5.41) is 8.69. The van der Waals surface area contributed by atoms with E-state index in [-0.39, 0.29) is 0 Å². The van der Waals surface area contributed by atoms with Gasteiger partial charge in [-0.1, -0.05) is 104 Å². The van der Waals surface area contributed by atoms with E-state index in [9.17, 15) is 4.79 Å². The first kappa shape index (κ1) is 20.5. The number of unbranched alkanes of at least 4 members (excludes halogenated alkanes) is 12. The molecule has 0 heterocycles. The van der Waals surface area contributed by atoms with Crippen molar-refractivity contribution in [2.45, 2.75) is 110 Å². The predicted molar refractivity (Wildman–Crippen MR) is 91.7 cm³/mol. The smallest absolute Gasteiger partial charge is 0.303 e. The largest absolute Gasteiger partial charge is 0.481 e. The van der Waals surface area contributed by atoms with Crippen LogP contribution in [0.1, 0.15) is 110 Å². The van der Waals surface area contributed by atoms with Crippen molar-refractivity contribution in [2.24, 2.45) is 5.92 Å². The zero-order chi connectivity index (χ0) is 15.8. The SMILES string of the molecule is CCCCCCCCCCCCCCC[C@H](C)CC(=O)O. The van der Waals surface area contributed by atoms with E-state index in [2.05, 4.69) is 13.8 Å². The first-order valence-electron chi connectivity index (χ1n) is 9.38. The minimum absolute atomic E-state index is 0.332. The van der Waals surface area contributed by atoms with E-state index in [1.165, 1.54) is 83.5 Å². The molecule has 1 N–H and O–H groups in total. The quantitative estimate of drug-likeness (QED) is 0.327. The maximum atomic E-state index is 10.5. The van der Waals surface area contributed by atoms with Crippen molar-refractivity contribution in [3.63, 3.8) is 0 Å². The Kier molecular flexibility index (Phi) is 15.5. The summed E-state index contributed by atoms with van der Waals surface area (Å²) in [4.78, 5) is 10.5. The lowest BCUT2D eigenvalue weighted by atomic mass is 9.99. The summed E-state index contributed by atoms with van der Waals surface area (Å²) in [6.45, 7) is 4.32. The van der Waals surface area contributed by atoms with Gasteiger partial charge >= 0.3 is 5.97 Å². The number of aliphatic carboxylic acids is 1. The van der Waals surface area contributed by atoms with Crippen LogP contribution in [0, 0.1) is 5.92 Å². The number of carboxylic acid groups (broad SMARTS) is 1. The van der Waals surface area contributed by atoms with Gasteiger partial charge in [0.2, 0.25) is 0 Å². The summed E-state index contributed by atoms with van der Waals surface area (Å²) >= 11 is 0. The summed E-state index contributed by atoms with van der Waals surface area (Å²) < 4.78 is 0. The van der Waals surface area contributed by atoms with Gasteiger partial charge in [-0.2, -0.15) is 0 Å². The topological polar surface area (TPSA) is 37.3 Å². The molecular weight excluding hydrogens is 260 g/mol. The first-order chi connectivity index (χ1) is 10.2. The van der Waals surface area contributed by atoms with Gasteiger partial charge in [0.1, 0.15) is 0 Å². The Balaban J connectivity index is 3.07. The zero-order valence-corrected chi connectivity index (χ0v) is 14.5. The van der Waals surface area contributed by atoms with Gasteiger partial charge in [0, 0.05) is 6.42 Å². The molecule has 2 nitrogen and oxygen atoms in total. The molecule has 0 fully saturated rings. The molecule has 0 bridgehead atoms. The third-order valence-corrected chi connectivity index (χ3v) is 4.32. The highest BCUT2D eigenvalue weighted by atomic mass is 16.4. The molecule has 1 atom stereocenters. The van der Waals surface area contributed by atoms with Crippen molar-refractivity contribution in [2.75, 3.05) is 0 Å². The lowest BCUT2D eigenvalue weighted by molar-refractivity contribution is -0.138. The van der Waals surface area contributed by atoms with Crippen LogP contribution in [0.5, 0.6) is 0 Å². The van der Waals surface area contributed by atoms with Gasteiger partial charge in [-0.25, -0.2) is 0 Å². The van der Waals surface area contributed by atoms with E-state index in [1.54, 1.807) is 0 Å². The fourth-order valence-corrected chi connectivity index (χ4v) is 2.91. The van der Waals surface area contributed by atoms with Crippen LogP contribution in [0.25, 0.3) is 0 Å².